The number of nitrogens with two attached hydrogens (primary N) is 1. The van der Waals surface area contributed by atoms with Crippen molar-refractivity contribution in [2.75, 3.05) is 19.0 Å². The Morgan fingerprint density at radius 1 is 1.30 bits per heavy atom. The first-order valence-corrected chi connectivity index (χ1v) is 6.72. The highest BCUT2D eigenvalue weighted by Gasteiger charge is 2.06. The van der Waals surface area contributed by atoms with Crippen LogP contribution in [0, 0.1) is 0 Å². The maximum Gasteiger partial charge on any atom is 0.120 e. The highest BCUT2D eigenvalue weighted by atomic mass is 32.1. The maximum atomic E-state index is 5.73. The van der Waals surface area contributed by atoms with Gasteiger partial charge in [-0.2, -0.15) is 0 Å². The summed E-state index contributed by atoms with van der Waals surface area (Å²) in [6, 6.07) is 9.63. The van der Waals surface area contributed by atoms with Crippen LogP contribution in [-0.2, 0) is 6.42 Å². The molecule has 104 valence electrons. The third kappa shape index (κ3) is 3.68. The average Bonchev–Trinajstić information content (AvgIpc) is 2.48. The van der Waals surface area contributed by atoms with E-state index >= 15 is 0 Å². The van der Waals surface area contributed by atoms with Crippen LogP contribution < -0.4 is 15.8 Å². The first kappa shape index (κ1) is 14.3. The van der Waals surface area contributed by atoms with Crippen LogP contribution in [0.4, 0.5) is 5.69 Å². The molecule has 0 aliphatic rings. The van der Waals surface area contributed by atoms with Crippen molar-refractivity contribution in [3.05, 3.63) is 53.9 Å². The molecule has 4 nitrogen and oxygen atoms in total. The van der Waals surface area contributed by atoms with Gasteiger partial charge in [-0.05, 0) is 36.2 Å². The van der Waals surface area contributed by atoms with Gasteiger partial charge in [0.25, 0.3) is 0 Å². The van der Waals surface area contributed by atoms with Gasteiger partial charge in [-0.3, -0.25) is 4.98 Å². The second kappa shape index (κ2) is 6.86. The Balaban J connectivity index is 2.06. The Bertz CT molecular complexity index is 587. The Hall–Kier alpha value is -2.14. The van der Waals surface area contributed by atoms with Gasteiger partial charge < -0.3 is 15.8 Å². The molecule has 0 radical (unpaired) electrons. The van der Waals surface area contributed by atoms with Crippen molar-refractivity contribution in [2.24, 2.45) is 5.73 Å². The van der Waals surface area contributed by atoms with E-state index in [0.29, 0.717) is 4.99 Å². The molecule has 0 atom stereocenters. The van der Waals surface area contributed by atoms with Gasteiger partial charge in [0.1, 0.15) is 10.7 Å². The molecule has 5 heteroatoms. The lowest BCUT2D eigenvalue weighted by Gasteiger charge is -2.12. The summed E-state index contributed by atoms with van der Waals surface area (Å²) in [4.78, 5) is 4.38. The van der Waals surface area contributed by atoms with Crippen molar-refractivity contribution in [2.45, 2.75) is 6.42 Å². The summed E-state index contributed by atoms with van der Waals surface area (Å²) in [5.41, 5.74) is 8.68. The lowest BCUT2D eigenvalue weighted by Crippen LogP contribution is -2.14. The molecule has 0 saturated carbocycles. The Labute approximate surface area is 124 Å². The molecule has 0 bridgehead atoms. The zero-order valence-corrected chi connectivity index (χ0v) is 12.1. The van der Waals surface area contributed by atoms with Gasteiger partial charge in [-0.1, -0.05) is 12.2 Å². The van der Waals surface area contributed by atoms with Gasteiger partial charge in [0.2, 0.25) is 0 Å². The summed E-state index contributed by atoms with van der Waals surface area (Å²) in [6.45, 7) is 0.785. The van der Waals surface area contributed by atoms with Crippen LogP contribution in [0.25, 0.3) is 0 Å². The molecular formula is C15H17N3OS. The number of ether oxygens (including phenoxy) is 1. The first-order valence-electron chi connectivity index (χ1n) is 6.31. The lowest BCUT2D eigenvalue weighted by molar-refractivity contribution is 0.415. The Morgan fingerprint density at radius 2 is 2.05 bits per heavy atom. The van der Waals surface area contributed by atoms with E-state index in [0.717, 1.165) is 30.0 Å². The van der Waals surface area contributed by atoms with Crippen LogP contribution in [0.2, 0.25) is 0 Å². The smallest absolute Gasteiger partial charge is 0.120 e. The molecule has 0 amide bonds. The molecular weight excluding hydrogens is 270 g/mol. The molecule has 0 saturated heterocycles. The standard InChI is InChI=1S/C15H17N3OS/c1-19-12-2-3-13(15(16)20)14(10-12)18-9-6-11-4-7-17-8-5-11/h2-5,7-8,10,18H,6,9H2,1H3,(H2,16,20). The zero-order valence-electron chi connectivity index (χ0n) is 11.3. The fourth-order valence-corrected chi connectivity index (χ4v) is 2.08. The minimum absolute atomic E-state index is 0.374. The number of anilines is 1. The van der Waals surface area contributed by atoms with E-state index in [4.69, 9.17) is 22.7 Å². The Morgan fingerprint density at radius 3 is 2.70 bits per heavy atom. The molecule has 0 aliphatic carbocycles. The van der Waals surface area contributed by atoms with Gasteiger partial charge in [-0.25, -0.2) is 0 Å². The van der Waals surface area contributed by atoms with Crippen LogP contribution in [0.5, 0.6) is 5.75 Å². The maximum absolute atomic E-state index is 5.73. The summed E-state index contributed by atoms with van der Waals surface area (Å²) in [6.07, 6.45) is 4.49. The number of hydrogen-bond donors (Lipinski definition) is 2. The molecule has 0 fully saturated rings. The molecule has 1 aromatic carbocycles. The monoisotopic (exact) mass is 287 g/mol. The average molecular weight is 287 g/mol. The van der Waals surface area contributed by atoms with Gasteiger partial charge in [-0.15, -0.1) is 0 Å². The Kier molecular flexibility index (Phi) is 4.90. The largest absolute Gasteiger partial charge is 0.497 e. The minimum atomic E-state index is 0.374. The SMILES string of the molecule is COc1ccc(C(N)=S)c(NCCc2ccncc2)c1. The van der Waals surface area contributed by atoms with Crippen LogP contribution >= 0.6 is 12.2 Å². The summed E-state index contributed by atoms with van der Waals surface area (Å²) in [5.74, 6) is 0.774. The highest BCUT2D eigenvalue weighted by molar-refractivity contribution is 7.80. The summed E-state index contributed by atoms with van der Waals surface area (Å²) in [7, 11) is 1.64. The predicted octanol–water partition coefficient (Wildman–Crippen LogP) is 2.38. The topological polar surface area (TPSA) is 60.2 Å². The van der Waals surface area contributed by atoms with Gasteiger partial charge in [0.15, 0.2) is 0 Å². The van der Waals surface area contributed by atoms with E-state index in [1.54, 1.807) is 19.5 Å². The first-order chi connectivity index (χ1) is 9.70. The molecule has 0 aliphatic heterocycles. The fourth-order valence-electron chi connectivity index (χ4n) is 1.90. The number of rotatable bonds is 6. The van der Waals surface area contributed by atoms with E-state index in [1.165, 1.54) is 5.56 Å². The zero-order chi connectivity index (χ0) is 14.4. The fraction of sp³-hybridized carbons (Fsp3) is 0.200. The van der Waals surface area contributed by atoms with Crippen molar-refractivity contribution >= 4 is 22.9 Å². The number of pyridine rings is 1. The third-order valence-corrected chi connectivity index (χ3v) is 3.19. The van der Waals surface area contributed by atoms with Crippen LogP contribution in [0.3, 0.4) is 0 Å². The number of thiocarbonyl (C=S) groups is 1. The minimum Gasteiger partial charge on any atom is -0.497 e. The van der Waals surface area contributed by atoms with Crippen molar-refractivity contribution in [1.82, 2.24) is 4.98 Å². The second-order valence-electron chi connectivity index (χ2n) is 4.31. The molecule has 1 heterocycles. The number of nitrogens with zero attached hydrogens (tertiary/aromatic N) is 1. The number of methoxy groups -OCH3 is 1. The number of nitrogens with one attached hydrogen (secondary N) is 1. The van der Waals surface area contributed by atoms with Crippen molar-refractivity contribution < 1.29 is 4.74 Å². The summed E-state index contributed by atoms with van der Waals surface area (Å²) in [5, 5.41) is 3.35. The van der Waals surface area contributed by atoms with E-state index in [1.807, 2.05) is 30.3 Å². The summed E-state index contributed by atoms with van der Waals surface area (Å²) < 4.78 is 5.22. The van der Waals surface area contributed by atoms with E-state index < -0.39 is 0 Å². The molecule has 20 heavy (non-hydrogen) atoms. The molecule has 2 rings (SSSR count). The molecule has 0 unspecified atom stereocenters. The summed E-state index contributed by atoms with van der Waals surface area (Å²) >= 11 is 5.06. The van der Waals surface area contributed by atoms with Crippen LogP contribution in [0.1, 0.15) is 11.1 Å². The quantitative estimate of drug-likeness (QED) is 0.799. The molecule has 0 spiro atoms. The number of benzene rings is 1. The normalized spacial score (nSPS) is 10.1. The van der Waals surface area contributed by atoms with E-state index in [2.05, 4.69) is 10.3 Å². The molecule has 3 N–H and O–H groups in total. The molecule has 1 aromatic heterocycles. The predicted molar refractivity (Wildman–Crippen MR) is 85.3 cm³/mol. The lowest BCUT2D eigenvalue weighted by atomic mass is 10.1. The van der Waals surface area contributed by atoms with E-state index in [-0.39, 0.29) is 0 Å². The van der Waals surface area contributed by atoms with Gasteiger partial charge >= 0.3 is 0 Å². The molecule has 2 aromatic rings. The van der Waals surface area contributed by atoms with Gasteiger partial charge in [0.05, 0.1) is 7.11 Å². The number of aromatic nitrogens is 1. The highest BCUT2D eigenvalue weighted by Crippen LogP contribution is 2.22. The van der Waals surface area contributed by atoms with Crippen LogP contribution in [-0.4, -0.2) is 23.6 Å². The van der Waals surface area contributed by atoms with Crippen LogP contribution in [0.15, 0.2) is 42.7 Å². The second-order valence-corrected chi connectivity index (χ2v) is 4.75. The van der Waals surface area contributed by atoms with Crippen molar-refractivity contribution in [3.63, 3.8) is 0 Å². The number of hydrogen-bond acceptors (Lipinski definition) is 4. The third-order valence-electron chi connectivity index (χ3n) is 2.97. The van der Waals surface area contributed by atoms with E-state index in [9.17, 15) is 0 Å². The van der Waals surface area contributed by atoms with Crippen molar-refractivity contribution in [3.8, 4) is 5.75 Å². The van der Waals surface area contributed by atoms with Crippen molar-refractivity contribution in [1.29, 1.82) is 0 Å². The van der Waals surface area contributed by atoms with Gasteiger partial charge in [0, 0.05) is 36.3 Å².